The van der Waals surface area contributed by atoms with E-state index >= 15 is 0 Å². The van der Waals surface area contributed by atoms with E-state index in [2.05, 4.69) is 32.9 Å². The molecule has 0 saturated heterocycles. The van der Waals surface area contributed by atoms with E-state index in [1.165, 1.54) is 27.2 Å². The molecule has 0 radical (unpaired) electrons. The van der Waals surface area contributed by atoms with Gasteiger partial charge in [-0.3, -0.25) is 9.59 Å². The lowest BCUT2D eigenvalue weighted by atomic mass is 9.97. The van der Waals surface area contributed by atoms with E-state index in [0.29, 0.717) is 13.0 Å². The Kier molecular flexibility index (Phi) is 6.02. The van der Waals surface area contributed by atoms with Crippen molar-refractivity contribution in [2.75, 3.05) is 20.2 Å². The lowest BCUT2D eigenvalue weighted by molar-refractivity contribution is -0.143. The minimum Gasteiger partial charge on any atom is -0.465 e. The van der Waals surface area contributed by atoms with Gasteiger partial charge in [-0.2, -0.15) is 0 Å². The molecule has 0 atom stereocenters. The van der Waals surface area contributed by atoms with Gasteiger partial charge < -0.3 is 14.1 Å². The van der Waals surface area contributed by atoms with Crippen LogP contribution in [-0.4, -0.2) is 37.0 Å². The number of nitrogens with zero attached hydrogens (tertiary/aromatic N) is 1. The number of hydrogen-bond donors (Lipinski definition) is 0. The highest BCUT2D eigenvalue weighted by Gasteiger charge is 2.19. The van der Waals surface area contributed by atoms with Crippen LogP contribution >= 0.6 is 0 Å². The number of aryl methyl sites for hydroxylation is 3. The van der Waals surface area contributed by atoms with E-state index in [-0.39, 0.29) is 18.2 Å². The van der Waals surface area contributed by atoms with Gasteiger partial charge in [-0.15, -0.1) is 0 Å². The molecule has 134 valence electrons. The number of furan rings is 1. The predicted octanol–water partition coefficient (Wildman–Crippen LogP) is 3.43. The fourth-order valence-corrected chi connectivity index (χ4v) is 2.91. The van der Waals surface area contributed by atoms with Crippen LogP contribution in [0.1, 0.15) is 45.5 Å². The van der Waals surface area contributed by atoms with Gasteiger partial charge in [-0.05, 0) is 56.5 Å². The molecule has 1 heterocycles. The molecule has 5 heteroatoms. The molecule has 0 aliphatic heterocycles. The summed E-state index contributed by atoms with van der Waals surface area (Å²) >= 11 is 0. The maximum Gasteiger partial charge on any atom is 0.325 e. The Morgan fingerprint density at radius 2 is 1.76 bits per heavy atom. The van der Waals surface area contributed by atoms with Crippen LogP contribution in [0.3, 0.4) is 0 Å². The van der Waals surface area contributed by atoms with Crippen molar-refractivity contribution in [3.63, 3.8) is 0 Å². The standard InChI is InChI=1S/C20H25NO4/c1-6-24-19(22)12-21(5)20(23)18-8-7-16(25-18)11-17-14(3)9-13(2)10-15(17)4/h7-10H,6,11-12H2,1-5H3. The van der Waals surface area contributed by atoms with Crippen molar-refractivity contribution in [1.82, 2.24) is 4.90 Å². The maximum absolute atomic E-state index is 12.4. The molecule has 0 aliphatic carbocycles. The van der Waals surface area contributed by atoms with Crippen molar-refractivity contribution in [3.8, 4) is 0 Å². The zero-order chi connectivity index (χ0) is 18.6. The zero-order valence-electron chi connectivity index (χ0n) is 15.5. The number of carbonyl (C=O) groups excluding carboxylic acids is 2. The third kappa shape index (κ3) is 4.72. The number of benzene rings is 1. The Labute approximate surface area is 148 Å². The molecule has 0 unspecified atom stereocenters. The largest absolute Gasteiger partial charge is 0.465 e. The summed E-state index contributed by atoms with van der Waals surface area (Å²) < 4.78 is 10.6. The van der Waals surface area contributed by atoms with Gasteiger partial charge in [-0.1, -0.05) is 17.7 Å². The van der Waals surface area contributed by atoms with Gasteiger partial charge in [0.15, 0.2) is 5.76 Å². The lowest BCUT2D eigenvalue weighted by Gasteiger charge is -2.14. The summed E-state index contributed by atoms with van der Waals surface area (Å²) in [6, 6.07) is 7.75. The highest BCUT2D eigenvalue weighted by Crippen LogP contribution is 2.21. The molecule has 1 amide bonds. The van der Waals surface area contributed by atoms with Gasteiger partial charge in [0.05, 0.1) is 6.61 Å². The highest BCUT2D eigenvalue weighted by atomic mass is 16.5. The van der Waals surface area contributed by atoms with Crippen LogP contribution in [-0.2, 0) is 16.0 Å². The summed E-state index contributed by atoms with van der Waals surface area (Å²) in [6.45, 7) is 8.16. The fourth-order valence-electron chi connectivity index (χ4n) is 2.91. The van der Waals surface area contributed by atoms with E-state index in [1.54, 1.807) is 20.0 Å². The molecule has 25 heavy (non-hydrogen) atoms. The Morgan fingerprint density at radius 3 is 2.36 bits per heavy atom. The Bertz CT molecular complexity index is 753. The average molecular weight is 343 g/mol. The van der Waals surface area contributed by atoms with Gasteiger partial charge in [0, 0.05) is 13.5 Å². The average Bonchev–Trinajstić information content (AvgIpc) is 2.98. The van der Waals surface area contributed by atoms with Crippen molar-refractivity contribution >= 4 is 11.9 Å². The molecule has 1 aromatic heterocycles. The first-order chi connectivity index (χ1) is 11.8. The number of amides is 1. The first-order valence-corrected chi connectivity index (χ1v) is 8.38. The smallest absolute Gasteiger partial charge is 0.325 e. The number of rotatable bonds is 6. The number of likely N-dealkylation sites (N-methyl/N-ethyl adjacent to an activating group) is 1. The first-order valence-electron chi connectivity index (χ1n) is 8.38. The van der Waals surface area contributed by atoms with Crippen molar-refractivity contribution in [1.29, 1.82) is 0 Å². The SMILES string of the molecule is CCOC(=O)CN(C)C(=O)c1ccc(Cc2c(C)cc(C)cc2C)o1. The molecular weight excluding hydrogens is 318 g/mol. The molecular formula is C20H25NO4. The Hall–Kier alpha value is -2.56. The Morgan fingerprint density at radius 1 is 1.12 bits per heavy atom. The van der Waals surface area contributed by atoms with Gasteiger partial charge in [-0.25, -0.2) is 0 Å². The van der Waals surface area contributed by atoms with Gasteiger partial charge in [0.1, 0.15) is 12.3 Å². The van der Waals surface area contributed by atoms with Crippen molar-refractivity contribution in [2.24, 2.45) is 0 Å². The third-order valence-corrected chi connectivity index (χ3v) is 4.08. The Balaban J connectivity index is 2.10. The minimum atomic E-state index is -0.434. The third-order valence-electron chi connectivity index (χ3n) is 4.08. The quantitative estimate of drug-likeness (QED) is 0.754. The fraction of sp³-hybridized carbons (Fsp3) is 0.400. The molecule has 2 rings (SSSR count). The van der Waals surface area contributed by atoms with Crippen molar-refractivity contribution < 1.29 is 18.7 Å². The van der Waals surface area contributed by atoms with Crippen LogP contribution in [0.25, 0.3) is 0 Å². The van der Waals surface area contributed by atoms with Crippen LogP contribution < -0.4 is 0 Å². The molecule has 5 nitrogen and oxygen atoms in total. The number of esters is 1. The van der Waals surface area contributed by atoms with Gasteiger partial charge in [0.2, 0.25) is 0 Å². The van der Waals surface area contributed by atoms with Gasteiger partial charge >= 0.3 is 5.97 Å². The topological polar surface area (TPSA) is 59.8 Å². The van der Waals surface area contributed by atoms with Crippen LogP contribution in [0.5, 0.6) is 0 Å². The molecule has 0 spiro atoms. The highest BCUT2D eigenvalue weighted by molar-refractivity contribution is 5.93. The molecule has 2 aromatic rings. The van der Waals surface area contributed by atoms with Crippen LogP contribution in [0.4, 0.5) is 0 Å². The molecule has 1 aromatic carbocycles. The van der Waals surface area contributed by atoms with E-state index < -0.39 is 5.97 Å². The van der Waals surface area contributed by atoms with Crippen LogP contribution in [0.15, 0.2) is 28.7 Å². The number of hydrogen-bond acceptors (Lipinski definition) is 4. The van der Waals surface area contributed by atoms with E-state index in [1.807, 2.05) is 6.07 Å². The summed E-state index contributed by atoms with van der Waals surface area (Å²) in [4.78, 5) is 25.1. The van der Waals surface area contributed by atoms with Crippen molar-refractivity contribution in [2.45, 2.75) is 34.1 Å². The number of carbonyl (C=O) groups is 2. The molecule has 0 saturated carbocycles. The molecule has 0 aliphatic rings. The summed E-state index contributed by atoms with van der Waals surface area (Å²) in [5, 5.41) is 0. The predicted molar refractivity (Wildman–Crippen MR) is 95.8 cm³/mol. The lowest BCUT2D eigenvalue weighted by Crippen LogP contribution is -2.32. The van der Waals surface area contributed by atoms with Crippen LogP contribution in [0.2, 0.25) is 0 Å². The van der Waals surface area contributed by atoms with E-state index in [0.717, 1.165) is 5.76 Å². The second-order valence-corrected chi connectivity index (χ2v) is 6.29. The first kappa shape index (κ1) is 18.8. The molecule has 0 bridgehead atoms. The normalized spacial score (nSPS) is 10.6. The van der Waals surface area contributed by atoms with Crippen molar-refractivity contribution in [3.05, 3.63) is 58.0 Å². The zero-order valence-corrected chi connectivity index (χ0v) is 15.5. The van der Waals surface area contributed by atoms with E-state index in [9.17, 15) is 9.59 Å². The monoisotopic (exact) mass is 343 g/mol. The summed E-state index contributed by atoms with van der Waals surface area (Å²) in [6.07, 6.45) is 0.632. The molecule has 0 N–H and O–H groups in total. The maximum atomic E-state index is 12.4. The second-order valence-electron chi connectivity index (χ2n) is 6.29. The van der Waals surface area contributed by atoms with E-state index in [4.69, 9.17) is 9.15 Å². The summed E-state index contributed by atoms with van der Waals surface area (Å²) in [7, 11) is 1.55. The summed E-state index contributed by atoms with van der Waals surface area (Å²) in [5.74, 6) is 0.180. The molecule has 0 fully saturated rings. The minimum absolute atomic E-state index is 0.0983. The number of ether oxygens (including phenoxy) is 1. The summed E-state index contributed by atoms with van der Waals surface area (Å²) in [5.41, 5.74) is 4.86. The van der Waals surface area contributed by atoms with Crippen LogP contribution in [0, 0.1) is 20.8 Å². The second kappa shape index (κ2) is 8.01. The van der Waals surface area contributed by atoms with Gasteiger partial charge in [0.25, 0.3) is 5.91 Å².